The molecule has 0 aliphatic carbocycles. The molecule has 0 aromatic heterocycles. The second-order valence-electron chi connectivity index (χ2n) is 3.66. The fourth-order valence-corrected chi connectivity index (χ4v) is 1.44. The van der Waals surface area contributed by atoms with Gasteiger partial charge in [-0.1, -0.05) is 30.3 Å². The number of carbonyl (C=O) groups excluding carboxylic acids is 1. The van der Waals surface area contributed by atoms with Crippen LogP contribution < -0.4 is 0 Å². The van der Waals surface area contributed by atoms with E-state index in [2.05, 4.69) is 6.07 Å². The van der Waals surface area contributed by atoms with Gasteiger partial charge in [-0.2, -0.15) is 0 Å². The highest BCUT2D eigenvalue weighted by Gasteiger charge is 2.15. The lowest BCUT2D eigenvalue weighted by Gasteiger charge is -2.06. The minimum absolute atomic E-state index is 0.106. The van der Waals surface area contributed by atoms with Crippen LogP contribution in [0.1, 0.15) is 15.9 Å². The van der Waals surface area contributed by atoms with E-state index in [9.17, 15) is 15.0 Å². The van der Waals surface area contributed by atoms with Crippen LogP contribution in [0.25, 0.3) is 0 Å². The summed E-state index contributed by atoms with van der Waals surface area (Å²) >= 11 is 0. The van der Waals surface area contributed by atoms with E-state index < -0.39 is 17.5 Å². The molecule has 4 nitrogen and oxygen atoms in total. The summed E-state index contributed by atoms with van der Waals surface area (Å²) in [6.45, 7) is 0.106. The lowest BCUT2D eigenvalue weighted by molar-refractivity contribution is 0.0468. The Balaban J connectivity index is 2.07. The third kappa shape index (κ3) is 2.60. The van der Waals surface area contributed by atoms with Crippen LogP contribution in [0.5, 0.6) is 11.5 Å². The predicted molar refractivity (Wildman–Crippen MR) is 64.2 cm³/mol. The van der Waals surface area contributed by atoms with Crippen molar-refractivity contribution in [1.82, 2.24) is 0 Å². The van der Waals surface area contributed by atoms with Gasteiger partial charge >= 0.3 is 5.97 Å². The van der Waals surface area contributed by atoms with E-state index in [4.69, 9.17) is 4.74 Å². The van der Waals surface area contributed by atoms with Crippen LogP contribution in [0, 0.1) is 6.07 Å². The number of phenolic OH excluding ortho intramolecular Hbond substituents is 2. The molecule has 2 aromatic carbocycles. The van der Waals surface area contributed by atoms with Crippen LogP contribution in [0.3, 0.4) is 0 Å². The van der Waals surface area contributed by atoms with E-state index in [1.54, 1.807) is 0 Å². The number of ether oxygens (including phenoxy) is 1. The van der Waals surface area contributed by atoms with E-state index in [1.165, 1.54) is 12.1 Å². The van der Waals surface area contributed by atoms with Crippen LogP contribution in [-0.2, 0) is 11.3 Å². The topological polar surface area (TPSA) is 66.8 Å². The first-order chi connectivity index (χ1) is 8.68. The molecule has 0 fully saturated rings. The Hall–Kier alpha value is -2.49. The molecule has 0 atom stereocenters. The van der Waals surface area contributed by atoms with E-state index >= 15 is 0 Å². The maximum atomic E-state index is 11.7. The van der Waals surface area contributed by atoms with Gasteiger partial charge in [0.2, 0.25) is 0 Å². The predicted octanol–water partition coefficient (Wildman–Crippen LogP) is 2.25. The molecule has 2 N–H and O–H groups in total. The minimum atomic E-state index is -0.705. The van der Waals surface area contributed by atoms with Crippen LogP contribution in [0.2, 0.25) is 0 Å². The Labute approximate surface area is 104 Å². The monoisotopic (exact) mass is 243 g/mol. The van der Waals surface area contributed by atoms with E-state index in [1.807, 2.05) is 30.3 Å². The summed E-state index contributed by atoms with van der Waals surface area (Å²) in [5.74, 6) is -1.60. The molecule has 1 radical (unpaired) electrons. The lowest BCUT2D eigenvalue weighted by Crippen LogP contribution is -2.05. The maximum absolute atomic E-state index is 11.7. The molecule has 0 aliphatic rings. The van der Waals surface area contributed by atoms with Crippen molar-refractivity contribution in [1.29, 1.82) is 0 Å². The fraction of sp³-hybridized carbons (Fsp3) is 0.0714. The molecule has 4 heteroatoms. The Morgan fingerprint density at radius 3 is 2.61 bits per heavy atom. The Bertz CT molecular complexity index is 549. The molecule has 91 valence electrons. The molecule has 0 saturated carbocycles. The van der Waals surface area contributed by atoms with Gasteiger partial charge in [-0.15, -0.1) is 0 Å². The summed E-state index contributed by atoms with van der Waals surface area (Å²) in [7, 11) is 0. The summed E-state index contributed by atoms with van der Waals surface area (Å²) in [4.78, 5) is 11.7. The highest BCUT2D eigenvalue weighted by molar-refractivity contribution is 5.93. The van der Waals surface area contributed by atoms with Crippen molar-refractivity contribution in [2.24, 2.45) is 0 Å². The van der Waals surface area contributed by atoms with Crippen molar-refractivity contribution in [3.05, 3.63) is 59.7 Å². The quantitative estimate of drug-likeness (QED) is 0.641. The van der Waals surface area contributed by atoms with Crippen molar-refractivity contribution in [2.75, 3.05) is 0 Å². The van der Waals surface area contributed by atoms with Crippen LogP contribution in [-0.4, -0.2) is 16.2 Å². The number of aromatic hydroxyl groups is 2. The first-order valence-corrected chi connectivity index (χ1v) is 5.31. The molecule has 0 spiro atoms. The molecular formula is C14H11O4. The van der Waals surface area contributed by atoms with E-state index in [0.717, 1.165) is 5.56 Å². The fourth-order valence-electron chi connectivity index (χ4n) is 1.44. The second-order valence-corrected chi connectivity index (χ2v) is 3.66. The average Bonchev–Trinajstić information content (AvgIpc) is 2.40. The van der Waals surface area contributed by atoms with Gasteiger partial charge in [-0.3, -0.25) is 0 Å². The summed E-state index contributed by atoms with van der Waals surface area (Å²) in [5.41, 5.74) is 0.736. The zero-order valence-corrected chi connectivity index (χ0v) is 9.46. The molecule has 2 aromatic rings. The van der Waals surface area contributed by atoms with Gasteiger partial charge in [0, 0.05) is 0 Å². The smallest absolute Gasteiger partial charge is 0.342 e. The van der Waals surface area contributed by atoms with Crippen molar-refractivity contribution < 1.29 is 19.7 Å². The van der Waals surface area contributed by atoms with Gasteiger partial charge in [0.05, 0.1) is 0 Å². The zero-order valence-electron chi connectivity index (χ0n) is 9.46. The number of carbonyl (C=O) groups is 1. The van der Waals surface area contributed by atoms with Crippen molar-refractivity contribution in [2.45, 2.75) is 6.61 Å². The van der Waals surface area contributed by atoms with Crippen LogP contribution in [0.15, 0.2) is 42.5 Å². The summed E-state index contributed by atoms with van der Waals surface area (Å²) in [5, 5.41) is 18.7. The van der Waals surface area contributed by atoms with Crippen molar-refractivity contribution >= 4 is 5.97 Å². The highest BCUT2D eigenvalue weighted by atomic mass is 16.5. The largest absolute Gasteiger partial charge is 0.504 e. The Morgan fingerprint density at radius 1 is 1.17 bits per heavy atom. The van der Waals surface area contributed by atoms with Crippen LogP contribution in [0.4, 0.5) is 0 Å². The van der Waals surface area contributed by atoms with Crippen molar-refractivity contribution in [3.63, 3.8) is 0 Å². The Kier molecular flexibility index (Phi) is 3.48. The van der Waals surface area contributed by atoms with Crippen molar-refractivity contribution in [3.8, 4) is 11.5 Å². The van der Waals surface area contributed by atoms with Gasteiger partial charge < -0.3 is 14.9 Å². The molecular weight excluding hydrogens is 232 g/mol. The number of esters is 1. The summed E-state index contributed by atoms with van der Waals surface area (Å²) < 4.78 is 5.02. The normalized spacial score (nSPS) is 10.0. The molecule has 0 saturated heterocycles. The maximum Gasteiger partial charge on any atom is 0.342 e. The molecule has 0 unspecified atom stereocenters. The standard InChI is InChI=1S/C14H11O4/c15-12-8-4-7-11(13(12)16)14(17)18-9-10-5-2-1-3-6-10/h1-3,5-8,15-16H,9H2. The molecule has 0 amide bonds. The lowest BCUT2D eigenvalue weighted by atomic mass is 10.2. The summed E-state index contributed by atoms with van der Waals surface area (Å²) in [6, 6.07) is 14.2. The van der Waals surface area contributed by atoms with E-state index in [0.29, 0.717) is 0 Å². The number of hydrogen-bond acceptors (Lipinski definition) is 4. The highest BCUT2D eigenvalue weighted by Crippen LogP contribution is 2.28. The minimum Gasteiger partial charge on any atom is -0.504 e. The Morgan fingerprint density at radius 2 is 1.89 bits per heavy atom. The third-order valence-electron chi connectivity index (χ3n) is 2.38. The number of hydrogen-bond donors (Lipinski definition) is 2. The van der Waals surface area contributed by atoms with Gasteiger partial charge in [-0.25, -0.2) is 4.79 Å². The van der Waals surface area contributed by atoms with Gasteiger partial charge in [-0.05, 0) is 23.8 Å². The first kappa shape index (κ1) is 12.0. The molecule has 18 heavy (non-hydrogen) atoms. The van der Waals surface area contributed by atoms with Gasteiger partial charge in [0.15, 0.2) is 11.5 Å². The van der Waals surface area contributed by atoms with E-state index in [-0.39, 0.29) is 12.2 Å². The number of rotatable bonds is 3. The third-order valence-corrected chi connectivity index (χ3v) is 2.38. The molecule has 0 aliphatic heterocycles. The number of phenols is 2. The molecule has 2 rings (SSSR count). The second kappa shape index (κ2) is 5.23. The van der Waals surface area contributed by atoms with Gasteiger partial charge in [0.1, 0.15) is 12.2 Å². The van der Waals surface area contributed by atoms with Crippen LogP contribution >= 0.6 is 0 Å². The van der Waals surface area contributed by atoms with Gasteiger partial charge in [0.25, 0.3) is 0 Å². The zero-order chi connectivity index (χ0) is 13.0. The first-order valence-electron chi connectivity index (χ1n) is 5.31. The SMILES string of the molecule is O=C(OCc1ccccc1)c1c[c]cc(O)c1O. The summed E-state index contributed by atoms with van der Waals surface area (Å²) in [6.07, 6.45) is 0. The average molecular weight is 243 g/mol. The molecule has 0 bridgehead atoms. The molecule has 0 heterocycles. The number of benzene rings is 2.